The highest BCUT2D eigenvalue weighted by Gasteiger charge is 2.22. The highest BCUT2D eigenvalue weighted by Crippen LogP contribution is 2.21. The number of aromatic nitrogens is 2. The summed E-state index contributed by atoms with van der Waals surface area (Å²) in [5, 5.41) is 6.95. The highest BCUT2D eigenvalue weighted by molar-refractivity contribution is 5.95. The number of ether oxygens (including phenoxy) is 3. The number of nitrogens with zero attached hydrogens (tertiary/aromatic N) is 3. The van der Waals surface area contributed by atoms with E-state index in [1.807, 2.05) is 25.8 Å². The second kappa shape index (κ2) is 9.81. The Kier molecular flexibility index (Phi) is 8.11. The lowest BCUT2D eigenvalue weighted by Gasteiger charge is -2.22. The van der Waals surface area contributed by atoms with Gasteiger partial charge in [-0.3, -0.25) is 0 Å². The van der Waals surface area contributed by atoms with Crippen LogP contribution in [0, 0.1) is 0 Å². The Hall–Kier alpha value is -2.55. The van der Waals surface area contributed by atoms with Crippen LogP contribution in [0.2, 0.25) is 0 Å². The summed E-state index contributed by atoms with van der Waals surface area (Å²) in [6, 6.07) is 0. The normalized spacial score (nSPS) is 11.5. The van der Waals surface area contributed by atoms with Crippen molar-refractivity contribution >= 4 is 24.1 Å². The van der Waals surface area contributed by atoms with Crippen molar-refractivity contribution in [2.45, 2.75) is 26.3 Å². The molecule has 0 saturated heterocycles. The molecule has 1 heterocycles. The van der Waals surface area contributed by atoms with Crippen LogP contribution in [0.5, 0.6) is 0 Å². The van der Waals surface area contributed by atoms with Gasteiger partial charge in [0.2, 0.25) is 0 Å². The Morgan fingerprint density at radius 1 is 1.38 bits per heavy atom. The second-order valence-corrected chi connectivity index (χ2v) is 6.12. The predicted molar refractivity (Wildman–Crippen MR) is 98.3 cm³/mol. The van der Waals surface area contributed by atoms with E-state index in [0.717, 1.165) is 0 Å². The molecule has 0 aliphatic carbocycles. The quantitative estimate of drug-likeness (QED) is 0.664. The zero-order valence-electron chi connectivity index (χ0n) is 16.2. The Labute approximate surface area is 153 Å². The van der Waals surface area contributed by atoms with Crippen molar-refractivity contribution in [1.29, 1.82) is 0 Å². The Bertz CT molecular complexity index is 639. The standard InChI is InChI=1S/C17H28N4O5/c1-7-26-15(22)13-12-18-21(14(13)20(4)10-11-24-5)9-8-17(2,3)19-16(23)25-6/h8-9,12H,7,10-11H2,1-6H3,(H,19,23)/b9-8+. The van der Waals surface area contributed by atoms with Crippen molar-refractivity contribution in [3.05, 3.63) is 17.8 Å². The van der Waals surface area contributed by atoms with Gasteiger partial charge < -0.3 is 24.4 Å². The third-order valence-electron chi connectivity index (χ3n) is 3.50. The van der Waals surface area contributed by atoms with Crippen molar-refractivity contribution < 1.29 is 23.8 Å². The Morgan fingerprint density at radius 2 is 2.08 bits per heavy atom. The van der Waals surface area contributed by atoms with Crippen molar-refractivity contribution in [2.24, 2.45) is 0 Å². The summed E-state index contributed by atoms with van der Waals surface area (Å²) in [6.07, 6.45) is 4.35. The predicted octanol–water partition coefficient (Wildman–Crippen LogP) is 1.75. The van der Waals surface area contributed by atoms with E-state index in [2.05, 4.69) is 15.2 Å². The smallest absolute Gasteiger partial charge is 0.407 e. The molecule has 0 aromatic carbocycles. The summed E-state index contributed by atoms with van der Waals surface area (Å²) in [4.78, 5) is 25.5. The molecule has 9 heteroatoms. The minimum Gasteiger partial charge on any atom is -0.462 e. The third kappa shape index (κ3) is 6.07. The number of carbonyl (C=O) groups excluding carboxylic acids is 2. The molecular formula is C17H28N4O5. The first-order chi connectivity index (χ1) is 12.3. The SMILES string of the molecule is CCOC(=O)c1cnn(/C=C/C(C)(C)NC(=O)OC)c1N(C)CCOC. The zero-order chi connectivity index (χ0) is 19.7. The molecular weight excluding hydrogens is 340 g/mol. The summed E-state index contributed by atoms with van der Waals surface area (Å²) >= 11 is 0. The zero-order valence-corrected chi connectivity index (χ0v) is 16.2. The molecule has 1 amide bonds. The maximum absolute atomic E-state index is 12.2. The first kappa shape index (κ1) is 21.5. The van der Waals surface area contributed by atoms with Gasteiger partial charge in [-0.2, -0.15) is 5.10 Å². The van der Waals surface area contributed by atoms with Crippen molar-refractivity contribution in [1.82, 2.24) is 15.1 Å². The molecule has 26 heavy (non-hydrogen) atoms. The van der Waals surface area contributed by atoms with E-state index in [4.69, 9.17) is 9.47 Å². The van der Waals surface area contributed by atoms with Gasteiger partial charge in [-0.15, -0.1) is 0 Å². The maximum Gasteiger partial charge on any atom is 0.407 e. The molecule has 1 N–H and O–H groups in total. The fraction of sp³-hybridized carbons (Fsp3) is 0.588. The number of methoxy groups -OCH3 is 2. The second-order valence-electron chi connectivity index (χ2n) is 6.12. The van der Waals surface area contributed by atoms with Gasteiger partial charge in [0, 0.05) is 26.9 Å². The highest BCUT2D eigenvalue weighted by atomic mass is 16.5. The molecule has 0 radical (unpaired) electrons. The first-order valence-corrected chi connectivity index (χ1v) is 8.26. The topological polar surface area (TPSA) is 94.9 Å². The van der Waals surface area contributed by atoms with E-state index in [0.29, 0.717) is 24.5 Å². The molecule has 1 rings (SSSR count). The number of carbonyl (C=O) groups is 2. The van der Waals surface area contributed by atoms with Crippen LogP contribution in [0.3, 0.4) is 0 Å². The van der Waals surface area contributed by atoms with Crippen LogP contribution in [0.25, 0.3) is 6.20 Å². The summed E-state index contributed by atoms with van der Waals surface area (Å²) in [5.41, 5.74) is -0.320. The average molecular weight is 368 g/mol. The van der Waals surface area contributed by atoms with Crippen LogP contribution < -0.4 is 10.2 Å². The average Bonchev–Trinajstić information content (AvgIpc) is 3.02. The van der Waals surface area contributed by atoms with Crippen LogP contribution in [0.4, 0.5) is 10.6 Å². The number of nitrogens with one attached hydrogen (secondary N) is 1. The molecule has 0 aliphatic heterocycles. The number of hydrogen-bond acceptors (Lipinski definition) is 7. The molecule has 0 bridgehead atoms. The van der Waals surface area contributed by atoms with E-state index in [1.54, 1.807) is 31.0 Å². The van der Waals surface area contributed by atoms with Gasteiger partial charge in [-0.1, -0.05) is 0 Å². The number of hydrogen-bond donors (Lipinski definition) is 1. The lowest BCUT2D eigenvalue weighted by Crippen LogP contribution is -2.41. The molecule has 9 nitrogen and oxygen atoms in total. The van der Waals surface area contributed by atoms with E-state index >= 15 is 0 Å². The van der Waals surface area contributed by atoms with Crippen LogP contribution in [-0.4, -0.2) is 68.4 Å². The lowest BCUT2D eigenvalue weighted by atomic mass is 10.1. The fourth-order valence-electron chi connectivity index (χ4n) is 2.15. The van der Waals surface area contributed by atoms with Gasteiger partial charge in [0.15, 0.2) is 0 Å². The van der Waals surface area contributed by atoms with Crippen molar-refractivity contribution in [2.75, 3.05) is 45.9 Å². The molecule has 0 aliphatic rings. The molecule has 0 atom stereocenters. The van der Waals surface area contributed by atoms with E-state index in [1.165, 1.54) is 13.3 Å². The Balaban J connectivity index is 3.15. The van der Waals surface area contributed by atoms with Gasteiger partial charge in [-0.25, -0.2) is 14.3 Å². The largest absolute Gasteiger partial charge is 0.462 e. The van der Waals surface area contributed by atoms with Gasteiger partial charge in [0.25, 0.3) is 0 Å². The summed E-state index contributed by atoms with van der Waals surface area (Å²) in [5.74, 6) is 0.129. The number of likely N-dealkylation sites (N-methyl/N-ethyl adjacent to an activating group) is 1. The van der Waals surface area contributed by atoms with Crippen molar-refractivity contribution in [3.8, 4) is 0 Å². The number of alkyl carbamates (subject to hydrolysis) is 1. The fourth-order valence-corrected chi connectivity index (χ4v) is 2.15. The molecule has 1 aromatic rings. The molecule has 146 valence electrons. The minimum atomic E-state index is -0.675. The van der Waals surface area contributed by atoms with Crippen molar-refractivity contribution in [3.63, 3.8) is 0 Å². The van der Waals surface area contributed by atoms with Gasteiger partial charge in [-0.05, 0) is 26.8 Å². The van der Waals surface area contributed by atoms with E-state index in [-0.39, 0.29) is 6.61 Å². The monoisotopic (exact) mass is 368 g/mol. The van der Waals surface area contributed by atoms with Crippen LogP contribution >= 0.6 is 0 Å². The third-order valence-corrected chi connectivity index (χ3v) is 3.50. The van der Waals surface area contributed by atoms with Gasteiger partial charge in [0.05, 0.1) is 32.1 Å². The Morgan fingerprint density at radius 3 is 2.65 bits per heavy atom. The molecule has 0 fully saturated rings. The number of rotatable bonds is 9. The minimum absolute atomic E-state index is 0.275. The summed E-state index contributed by atoms with van der Waals surface area (Å²) < 4.78 is 16.4. The molecule has 0 saturated carbocycles. The van der Waals surface area contributed by atoms with Gasteiger partial charge >= 0.3 is 12.1 Å². The number of amides is 1. The summed E-state index contributed by atoms with van der Waals surface area (Å²) in [6.45, 7) is 6.69. The first-order valence-electron chi connectivity index (χ1n) is 8.26. The molecule has 1 aromatic heterocycles. The van der Waals surface area contributed by atoms with Gasteiger partial charge in [0.1, 0.15) is 11.4 Å². The molecule has 0 unspecified atom stereocenters. The van der Waals surface area contributed by atoms with Crippen LogP contribution in [0.15, 0.2) is 12.3 Å². The molecule has 0 spiro atoms. The lowest BCUT2D eigenvalue weighted by molar-refractivity contribution is 0.0527. The van der Waals surface area contributed by atoms with Crippen LogP contribution in [-0.2, 0) is 14.2 Å². The maximum atomic E-state index is 12.2. The summed E-state index contributed by atoms with van der Waals surface area (Å²) in [7, 11) is 4.75. The van der Waals surface area contributed by atoms with E-state index in [9.17, 15) is 9.59 Å². The van der Waals surface area contributed by atoms with Crippen LogP contribution in [0.1, 0.15) is 31.1 Å². The number of anilines is 1. The van der Waals surface area contributed by atoms with E-state index < -0.39 is 17.6 Å². The number of esters is 1.